The Bertz CT molecular complexity index is 428. The molecule has 1 amide bonds. The van der Waals surface area contributed by atoms with Crippen LogP contribution in [-0.4, -0.2) is 43.6 Å². The van der Waals surface area contributed by atoms with Crippen molar-refractivity contribution in [1.82, 2.24) is 10.2 Å². The smallest absolute Gasteiger partial charge is 0.222 e. The molecule has 0 bridgehead atoms. The minimum atomic E-state index is 0.249. The van der Waals surface area contributed by atoms with E-state index in [2.05, 4.69) is 18.3 Å². The average molecular weight is 276 g/mol. The zero-order valence-corrected chi connectivity index (χ0v) is 12.2. The van der Waals surface area contributed by atoms with Crippen molar-refractivity contribution in [3.63, 3.8) is 0 Å². The molecule has 110 valence electrons. The summed E-state index contributed by atoms with van der Waals surface area (Å²) < 4.78 is 5.78. The third-order valence-corrected chi connectivity index (χ3v) is 3.62. The van der Waals surface area contributed by atoms with Gasteiger partial charge in [0.15, 0.2) is 0 Å². The van der Waals surface area contributed by atoms with Crippen molar-refractivity contribution in [2.45, 2.75) is 26.2 Å². The number of nitrogens with one attached hydrogen (secondary N) is 1. The van der Waals surface area contributed by atoms with Crippen LogP contribution in [-0.2, 0) is 11.2 Å². The van der Waals surface area contributed by atoms with Crippen LogP contribution < -0.4 is 10.1 Å². The van der Waals surface area contributed by atoms with E-state index in [9.17, 15) is 4.79 Å². The maximum absolute atomic E-state index is 12.0. The first-order valence-electron chi connectivity index (χ1n) is 7.50. The Morgan fingerprint density at radius 2 is 2.05 bits per heavy atom. The average Bonchev–Trinajstić information content (AvgIpc) is 2.52. The molecular weight excluding hydrogens is 252 g/mol. The molecule has 4 nitrogen and oxygen atoms in total. The van der Waals surface area contributed by atoms with Crippen LogP contribution in [0.2, 0.25) is 0 Å². The third kappa shape index (κ3) is 4.23. The maximum atomic E-state index is 12.0. The summed E-state index contributed by atoms with van der Waals surface area (Å²) in [5.41, 5.74) is 1.22. The Morgan fingerprint density at radius 1 is 1.30 bits per heavy atom. The van der Waals surface area contributed by atoms with Gasteiger partial charge in [-0.2, -0.15) is 0 Å². The third-order valence-electron chi connectivity index (χ3n) is 3.62. The molecule has 0 unspecified atom stereocenters. The number of nitrogens with zero attached hydrogens (tertiary/aromatic N) is 1. The van der Waals surface area contributed by atoms with Crippen LogP contribution in [0.1, 0.15) is 25.3 Å². The Hall–Kier alpha value is -1.55. The largest absolute Gasteiger partial charge is 0.493 e. The van der Waals surface area contributed by atoms with E-state index < -0.39 is 0 Å². The van der Waals surface area contributed by atoms with Crippen molar-refractivity contribution in [3.05, 3.63) is 29.8 Å². The van der Waals surface area contributed by atoms with E-state index in [4.69, 9.17) is 4.74 Å². The quantitative estimate of drug-likeness (QED) is 0.806. The molecule has 20 heavy (non-hydrogen) atoms. The molecule has 1 aromatic carbocycles. The molecule has 0 atom stereocenters. The number of piperazine rings is 1. The van der Waals surface area contributed by atoms with Gasteiger partial charge in [-0.1, -0.05) is 25.1 Å². The van der Waals surface area contributed by atoms with Crippen molar-refractivity contribution < 1.29 is 9.53 Å². The maximum Gasteiger partial charge on any atom is 0.222 e. The second-order valence-corrected chi connectivity index (χ2v) is 5.04. The van der Waals surface area contributed by atoms with Crippen molar-refractivity contribution >= 4 is 5.91 Å². The van der Waals surface area contributed by atoms with Gasteiger partial charge in [0.05, 0.1) is 6.61 Å². The van der Waals surface area contributed by atoms with Gasteiger partial charge >= 0.3 is 0 Å². The number of para-hydroxylation sites is 1. The van der Waals surface area contributed by atoms with Crippen LogP contribution in [0.25, 0.3) is 0 Å². The van der Waals surface area contributed by atoms with E-state index in [1.165, 1.54) is 5.56 Å². The number of hydrogen-bond donors (Lipinski definition) is 1. The highest BCUT2D eigenvalue weighted by Crippen LogP contribution is 2.18. The SMILES string of the molecule is CCc1ccccc1OCCCC(=O)N1CCNCC1. The molecular formula is C16H24N2O2. The molecule has 1 aliphatic rings. The van der Waals surface area contributed by atoms with E-state index in [-0.39, 0.29) is 5.91 Å². The molecule has 2 rings (SSSR count). The number of hydrogen-bond acceptors (Lipinski definition) is 3. The second kappa shape index (κ2) is 7.90. The summed E-state index contributed by atoms with van der Waals surface area (Å²) in [7, 11) is 0. The highest BCUT2D eigenvalue weighted by atomic mass is 16.5. The molecule has 1 aliphatic heterocycles. The van der Waals surface area contributed by atoms with Crippen molar-refractivity contribution in [2.75, 3.05) is 32.8 Å². The molecule has 1 saturated heterocycles. The number of aryl methyl sites for hydroxylation is 1. The minimum Gasteiger partial charge on any atom is -0.493 e. The molecule has 1 N–H and O–H groups in total. The predicted octanol–water partition coefficient (Wildman–Crippen LogP) is 1.84. The van der Waals surface area contributed by atoms with Crippen LogP contribution in [0, 0.1) is 0 Å². The fourth-order valence-electron chi connectivity index (χ4n) is 2.41. The highest BCUT2D eigenvalue weighted by Gasteiger charge is 2.15. The van der Waals surface area contributed by atoms with Gasteiger partial charge in [-0.25, -0.2) is 0 Å². The summed E-state index contributed by atoms with van der Waals surface area (Å²) in [6, 6.07) is 8.10. The normalized spacial score (nSPS) is 15.2. The van der Waals surface area contributed by atoms with Gasteiger partial charge in [-0.05, 0) is 24.5 Å². The van der Waals surface area contributed by atoms with Gasteiger partial charge in [0.2, 0.25) is 5.91 Å². The van der Waals surface area contributed by atoms with Crippen LogP contribution >= 0.6 is 0 Å². The van der Waals surface area contributed by atoms with Gasteiger partial charge in [0.1, 0.15) is 5.75 Å². The van der Waals surface area contributed by atoms with E-state index in [0.717, 1.165) is 44.8 Å². The zero-order valence-electron chi connectivity index (χ0n) is 12.2. The van der Waals surface area contributed by atoms with Gasteiger partial charge in [0, 0.05) is 32.6 Å². The van der Waals surface area contributed by atoms with Crippen LogP contribution in [0.5, 0.6) is 5.75 Å². The standard InChI is InChI=1S/C16H24N2O2/c1-2-14-6-3-4-7-15(14)20-13-5-8-16(19)18-11-9-17-10-12-18/h3-4,6-7,17H,2,5,8-13H2,1H3. The Kier molecular flexibility index (Phi) is 5.87. The van der Waals surface area contributed by atoms with E-state index in [0.29, 0.717) is 13.0 Å². The van der Waals surface area contributed by atoms with Gasteiger partial charge in [-0.15, -0.1) is 0 Å². The fourth-order valence-corrected chi connectivity index (χ4v) is 2.41. The molecule has 0 spiro atoms. The Balaban J connectivity index is 1.69. The highest BCUT2D eigenvalue weighted by molar-refractivity contribution is 5.76. The number of benzene rings is 1. The van der Waals surface area contributed by atoms with E-state index in [1.54, 1.807) is 0 Å². The number of carbonyl (C=O) groups is 1. The van der Waals surface area contributed by atoms with Crippen LogP contribution in [0.4, 0.5) is 0 Å². The summed E-state index contributed by atoms with van der Waals surface area (Å²) in [4.78, 5) is 13.9. The minimum absolute atomic E-state index is 0.249. The van der Waals surface area contributed by atoms with Gasteiger partial charge in [0.25, 0.3) is 0 Å². The van der Waals surface area contributed by atoms with Crippen molar-refractivity contribution in [1.29, 1.82) is 0 Å². The summed E-state index contributed by atoms with van der Waals surface area (Å²) in [6.45, 7) is 6.21. The molecule has 4 heteroatoms. The topological polar surface area (TPSA) is 41.6 Å². The lowest BCUT2D eigenvalue weighted by Gasteiger charge is -2.27. The zero-order chi connectivity index (χ0) is 14.2. The lowest BCUT2D eigenvalue weighted by molar-refractivity contribution is -0.132. The summed E-state index contributed by atoms with van der Waals surface area (Å²) in [5, 5.41) is 3.25. The predicted molar refractivity (Wildman–Crippen MR) is 80.0 cm³/mol. The lowest BCUT2D eigenvalue weighted by Crippen LogP contribution is -2.46. The van der Waals surface area contributed by atoms with Gasteiger partial charge in [-0.3, -0.25) is 4.79 Å². The second-order valence-electron chi connectivity index (χ2n) is 5.04. The summed E-state index contributed by atoms with van der Waals surface area (Å²) >= 11 is 0. The number of rotatable bonds is 6. The van der Waals surface area contributed by atoms with Crippen LogP contribution in [0.3, 0.4) is 0 Å². The van der Waals surface area contributed by atoms with E-state index >= 15 is 0 Å². The van der Waals surface area contributed by atoms with Gasteiger partial charge < -0.3 is 15.0 Å². The Morgan fingerprint density at radius 3 is 2.80 bits per heavy atom. The number of carbonyl (C=O) groups excluding carboxylic acids is 1. The molecule has 1 aromatic rings. The molecule has 0 aliphatic carbocycles. The molecule has 0 saturated carbocycles. The first-order valence-corrected chi connectivity index (χ1v) is 7.50. The number of amides is 1. The molecule has 1 fully saturated rings. The summed E-state index contributed by atoms with van der Waals surface area (Å²) in [6.07, 6.45) is 2.32. The van der Waals surface area contributed by atoms with Crippen LogP contribution in [0.15, 0.2) is 24.3 Å². The first kappa shape index (κ1) is 14.9. The Labute approximate surface area is 121 Å². The number of ether oxygens (including phenoxy) is 1. The molecule has 0 radical (unpaired) electrons. The monoisotopic (exact) mass is 276 g/mol. The summed E-state index contributed by atoms with van der Waals surface area (Å²) in [5.74, 6) is 1.20. The lowest BCUT2D eigenvalue weighted by atomic mass is 10.1. The van der Waals surface area contributed by atoms with E-state index in [1.807, 2.05) is 23.1 Å². The fraction of sp³-hybridized carbons (Fsp3) is 0.562. The molecule has 1 heterocycles. The molecule has 0 aromatic heterocycles. The van der Waals surface area contributed by atoms with Crippen molar-refractivity contribution in [2.24, 2.45) is 0 Å². The first-order chi connectivity index (χ1) is 9.81. The van der Waals surface area contributed by atoms with Crippen molar-refractivity contribution in [3.8, 4) is 5.75 Å².